The predicted molar refractivity (Wildman–Crippen MR) is 200 cm³/mol. The van der Waals surface area contributed by atoms with E-state index in [1.807, 2.05) is 11.3 Å². The fourth-order valence-corrected chi connectivity index (χ4v) is 7.86. The number of rotatable bonds is 5. The standard InChI is InChI=1S/C44H29NS/c1-2-10-30(11-3-1)32-20-23-37(24-21-32)45(42-16-8-6-14-39(42)35-19-18-31-12-4-5-13-33(31)26-35)38-25-22-34-28-41-40-15-7-9-17-43(40)46-44(41)29-36(34)27-38/h1-29H. The van der Waals surface area contributed by atoms with Gasteiger partial charge in [0.05, 0.1) is 5.69 Å². The molecule has 9 rings (SSSR count). The van der Waals surface area contributed by atoms with Gasteiger partial charge in [0.15, 0.2) is 0 Å². The van der Waals surface area contributed by atoms with Crippen LogP contribution in [0.1, 0.15) is 0 Å². The SMILES string of the molecule is c1ccc(-c2ccc(N(c3ccc4cc5c(cc4c3)sc3ccccc35)c3ccccc3-c3ccc4ccccc4c3)cc2)cc1. The van der Waals surface area contributed by atoms with E-state index >= 15 is 0 Å². The van der Waals surface area contributed by atoms with Crippen molar-refractivity contribution in [2.75, 3.05) is 4.90 Å². The van der Waals surface area contributed by atoms with Crippen molar-refractivity contribution in [3.8, 4) is 22.3 Å². The third-order valence-electron chi connectivity index (χ3n) is 9.02. The largest absolute Gasteiger partial charge is 0.310 e. The van der Waals surface area contributed by atoms with E-state index in [9.17, 15) is 0 Å². The lowest BCUT2D eigenvalue weighted by Crippen LogP contribution is -2.11. The summed E-state index contributed by atoms with van der Waals surface area (Å²) in [6.07, 6.45) is 0. The molecule has 0 aliphatic heterocycles. The lowest BCUT2D eigenvalue weighted by molar-refractivity contribution is 1.29. The zero-order valence-corrected chi connectivity index (χ0v) is 25.9. The molecule has 0 aliphatic rings. The first-order chi connectivity index (χ1) is 22.8. The monoisotopic (exact) mass is 603 g/mol. The minimum absolute atomic E-state index is 1.12. The molecule has 1 nitrogen and oxygen atoms in total. The first-order valence-corrected chi connectivity index (χ1v) is 16.5. The maximum absolute atomic E-state index is 2.41. The Bertz CT molecular complexity index is 2530. The van der Waals surface area contributed by atoms with E-state index in [4.69, 9.17) is 0 Å². The quantitative estimate of drug-likeness (QED) is 0.189. The van der Waals surface area contributed by atoms with Crippen molar-refractivity contribution in [2.45, 2.75) is 0 Å². The number of hydrogen-bond acceptors (Lipinski definition) is 2. The van der Waals surface area contributed by atoms with Crippen molar-refractivity contribution in [3.05, 3.63) is 176 Å². The number of nitrogens with zero attached hydrogens (tertiary/aromatic N) is 1. The Hall–Kier alpha value is -5.70. The molecule has 0 atom stereocenters. The number of para-hydroxylation sites is 1. The van der Waals surface area contributed by atoms with Crippen LogP contribution in [0.5, 0.6) is 0 Å². The van der Waals surface area contributed by atoms with Crippen LogP contribution in [0.15, 0.2) is 176 Å². The Morgan fingerprint density at radius 1 is 0.348 bits per heavy atom. The summed E-state index contributed by atoms with van der Waals surface area (Å²) in [6.45, 7) is 0. The molecule has 0 amide bonds. The Morgan fingerprint density at radius 2 is 1.00 bits per heavy atom. The second-order valence-corrected chi connectivity index (χ2v) is 12.9. The minimum Gasteiger partial charge on any atom is -0.310 e. The van der Waals surface area contributed by atoms with Gasteiger partial charge in [-0.25, -0.2) is 0 Å². The van der Waals surface area contributed by atoms with Crippen molar-refractivity contribution in [1.82, 2.24) is 0 Å². The number of fused-ring (bicyclic) bond motifs is 5. The molecule has 0 saturated carbocycles. The molecule has 0 fully saturated rings. The molecule has 0 N–H and O–H groups in total. The van der Waals surface area contributed by atoms with Crippen LogP contribution in [-0.2, 0) is 0 Å². The average Bonchev–Trinajstić information content (AvgIpc) is 3.49. The first kappa shape index (κ1) is 26.7. The average molecular weight is 604 g/mol. The van der Waals surface area contributed by atoms with E-state index in [-0.39, 0.29) is 0 Å². The highest BCUT2D eigenvalue weighted by atomic mass is 32.1. The summed E-state index contributed by atoms with van der Waals surface area (Å²) >= 11 is 1.87. The molecule has 0 bridgehead atoms. The molecule has 0 aliphatic carbocycles. The van der Waals surface area contributed by atoms with Crippen LogP contribution >= 0.6 is 11.3 Å². The molecular formula is C44H29NS. The van der Waals surface area contributed by atoms with Crippen molar-refractivity contribution in [2.24, 2.45) is 0 Å². The highest BCUT2D eigenvalue weighted by Crippen LogP contribution is 2.43. The van der Waals surface area contributed by atoms with Gasteiger partial charge in [-0.05, 0) is 92.8 Å². The van der Waals surface area contributed by atoms with Crippen LogP contribution in [0.2, 0.25) is 0 Å². The van der Waals surface area contributed by atoms with Gasteiger partial charge in [0.2, 0.25) is 0 Å². The van der Waals surface area contributed by atoms with E-state index in [0.717, 1.165) is 17.1 Å². The zero-order chi connectivity index (χ0) is 30.5. The normalized spacial score (nSPS) is 11.5. The van der Waals surface area contributed by atoms with Gasteiger partial charge < -0.3 is 4.90 Å². The van der Waals surface area contributed by atoms with Gasteiger partial charge in [-0.15, -0.1) is 11.3 Å². The smallest absolute Gasteiger partial charge is 0.0540 e. The second-order valence-electron chi connectivity index (χ2n) is 11.8. The Labute approximate surface area is 272 Å². The molecule has 8 aromatic carbocycles. The van der Waals surface area contributed by atoms with Gasteiger partial charge in [0.1, 0.15) is 0 Å². The number of hydrogen-bond donors (Lipinski definition) is 0. The summed E-state index contributed by atoms with van der Waals surface area (Å²) in [5.41, 5.74) is 8.22. The van der Waals surface area contributed by atoms with Crippen molar-refractivity contribution in [1.29, 1.82) is 0 Å². The molecule has 2 heteroatoms. The minimum atomic E-state index is 1.12. The van der Waals surface area contributed by atoms with Gasteiger partial charge in [0, 0.05) is 37.1 Å². The molecule has 216 valence electrons. The molecular weight excluding hydrogens is 575 g/mol. The molecule has 0 saturated heterocycles. The van der Waals surface area contributed by atoms with Crippen LogP contribution in [0, 0.1) is 0 Å². The predicted octanol–water partition coefficient (Wildman–Crippen LogP) is 13.2. The van der Waals surface area contributed by atoms with Gasteiger partial charge >= 0.3 is 0 Å². The van der Waals surface area contributed by atoms with Crippen LogP contribution < -0.4 is 4.90 Å². The topological polar surface area (TPSA) is 3.24 Å². The molecule has 0 unspecified atom stereocenters. The van der Waals surface area contributed by atoms with Gasteiger partial charge in [-0.1, -0.05) is 121 Å². The molecule has 1 aromatic heterocycles. The van der Waals surface area contributed by atoms with Crippen LogP contribution in [0.25, 0.3) is 64.0 Å². The van der Waals surface area contributed by atoms with Crippen molar-refractivity contribution in [3.63, 3.8) is 0 Å². The van der Waals surface area contributed by atoms with Gasteiger partial charge in [0.25, 0.3) is 0 Å². The Balaban J connectivity index is 1.23. The van der Waals surface area contributed by atoms with E-state index < -0.39 is 0 Å². The summed E-state index contributed by atoms with van der Waals surface area (Å²) in [5.74, 6) is 0. The number of benzene rings is 8. The molecule has 0 spiro atoms. The Kier molecular flexibility index (Phi) is 6.40. The third kappa shape index (κ3) is 4.63. The fraction of sp³-hybridized carbons (Fsp3) is 0. The summed E-state index contributed by atoms with van der Waals surface area (Å²) < 4.78 is 2.65. The maximum atomic E-state index is 2.41. The summed E-state index contributed by atoms with van der Waals surface area (Å²) in [6, 6.07) is 64.0. The van der Waals surface area contributed by atoms with Crippen LogP contribution in [-0.4, -0.2) is 0 Å². The van der Waals surface area contributed by atoms with E-state index in [1.54, 1.807) is 0 Å². The Morgan fingerprint density at radius 3 is 1.89 bits per heavy atom. The zero-order valence-electron chi connectivity index (χ0n) is 25.1. The first-order valence-electron chi connectivity index (χ1n) is 15.7. The fourth-order valence-electron chi connectivity index (χ4n) is 6.73. The second kappa shape index (κ2) is 11.0. The molecule has 9 aromatic rings. The van der Waals surface area contributed by atoms with E-state index in [0.29, 0.717) is 0 Å². The summed E-state index contributed by atoms with van der Waals surface area (Å²) in [5, 5.41) is 7.65. The van der Waals surface area contributed by atoms with Crippen LogP contribution in [0.3, 0.4) is 0 Å². The number of thiophene rings is 1. The van der Waals surface area contributed by atoms with E-state index in [1.165, 1.54) is 64.0 Å². The van der Waals surface area contributed by atoms with Crippen molar-refractivity contribution >= 4 is 70.1 Å². The third-order valence-corrected chi connectivity index (χ3v) is 10.1. The highest BCUT2D eigenvalue weighted by Gasteiger charge is 2.18. The van der Waals surface area contributed by atoms with Gasteiger partial charge in [-0.3, -0.25) is 0 Å². The van der Waals surface area contributed by atoms with Crippen LogP contribution in [0.4, 0.5) is 17.1 Å². The molecule has 1 heterocycles. The van der Waals surface area contributed by atoms with Crippen molar-refractivity contribution < 1.29 is 0 Å². The number of anilines is 3. The summed E-state index contributed by atoms with van der Waals surface area (Å²) in [7, 11) is 0. The lowest BCUT2D eigenvalue weighted by atomic mass is 9.98. The lowest BCUT2D eigenvalue weighted by Gasteiger charge is -2.28. The van der Waals surface area contributed by atoms with E-state index in [2.05, 4.69) is 181 Å². The summed E-state index contributed by atoms with van der Waals surface area (Å²) in [4.78, 5) is 2.41. The molecule has 0 radical (unpaired) electrons. The highest BCUT2D eigenvalue weighted by molar-refractivity contribution is 7.25. The van der Waals surface area contributed by atoms with Gasteiger partial charge in [-0.2, -0.15) is 0 Å². The molecule has 46 heavy (non-hydrogen) atoms. The maximum Gasteiger partial charge on any atom is 0.0540 e.